The second kappa shape index (κ2) is 6.24. The van der Waals surface area contributed by atoms with E-state index in [-0.39, 0.29) is 17.0 Å². The van der Waals surface area contributed by atoms with E-state index in [1.54, 1.807) is 12.1 Å². The number of esters is 1. The molecule has 112 valence electrons. The third kappa shape index (κ3) is 3.06. The smallest absolute Gasteiger partial charge is 0.309 e. The van der Waals surface area contributed by atoms with Crippen LogP contribution in [0, 0.1) is 17.2 Å². The molecule has 6 nitrogen and oxygen atoms in total. The Hall–Kier alpha value is -1.91. The number of sulfonamides is 1. The highest BCUT2D eigenvalue weighted by Gasteiger charge is 2.34. The fraction of sp³-hybridized carbons (Fsp3) is 0.429. The van der Waals surface area contributed by atoms with Crippen LogP contribution in [0.1, 0.15) is 18.4 Å². The number of carbonyl (C=O) groups is 1. The number of rotatable bonds is 3. The van der Waals surface area contributed by atoms with Crippen LogP contribution in [0.3, 0.4) is 0 Å². The Balaban J connectivity index is 2.31. The zero-order valence-corrected chi connectivity index (χ0v) is 12.5. The lowest BCUT2D eigenvalue weighted by Gasteiger charge is -2.30. The van der Waals surface area contributed by atoms with Gasteiger partial charge in [-0.05, 0) is 25.0 Å². The molecule has 0 N–H and O–H groups in total. The van der Waals surface area contributed by atoms with E-state index < -0.39 is 21.9 Å². The molecule has 0 amide bonds. The Morgan fingerprint density at radius 1 is 1.43 bits per heavy atom. The summed E-state index contributed by atoms with van der Waals surface area (Å²) in [6.07, 6.45) is 1.20. The number of methoxy groups -OCH3 is 1. The van der Waals surface area contributed by atoms with Crippen molar-refractivity contribution in [3.8, 4) is 6.07 Å². The Morgan fingerprint density at radius 2 is 2.14 bits per heavy atom. The number of hydrogen-bond donors (Lipinski definition) is 0. The largest absolute Gasteiger partial charge is 0.469 e. The summed E-state index contributed by atoms with van der Waals surface area (Å²) in [7, 11) is -2.48. The summed E-state index contributed by atoms with van der Waals surface area (Å²) >= 11 is 0. The van der Waals surface area contributed by atoms with Crippen LogP contribution in [-0.4, -0.2) is 38.9 Å². The maximum atomic E-state index is 12.6. The van der Waals surface area contributed by atoms with Crippen molar-refractivity contribution in [1.29, 1.82) is 5.26 Å². The first-order chi connectivity index (χ1) is 10.0. The van der Waals surface area contributed by atoms with Crippen molar-refractivity contribution in [2.45, 2.75) is 17.7 Å². The van der Waals surface area contributed by atoms with E-state index in [1.165, 1.54) is 23.5 Å². The molecule has 1 aliphatic rings. The number of hydrogen-bond acceptors (Lipinski definition) is 5. The van der Waals surface area contributed by atoms with E-state index in [9.17, 15) is 13.2 Å². The molecule has 0 saturated carbocycles. The van der Waals surface area contributed by atoms with Gasteiger partial charge in [-0.15, -0.1) is 0 Å². The standard InChI is InChI=1S/C14H16N2O4S/c1-20-14(17)12-6-4-8-16(10-12)21(18,19)13-7-3-2-5-11(13)9-15/h2-3,5,7,12H,4,6,8,10H2,1H3/t12-/m0/s1. The van der Waals surface area contributed by atoms with Gasteiger partial charge in [0.1, 0.15) is 6.07 Å². The number of benzene rings is 1. The van der Waals surface area contributed by atoms with Crippen LogP contribution in [0.2, 0.25) is 0 Å². The van der Waals surface area contributed by atoms with E-state index in [0.717, 1.165) is 0 Å². The average Bonchev–Trinajstić information content (AvgIpc) is 2.54. The van der Waals surface area contributed by atoms with Crippen molar-refractivity contribution in [1.82, 2.24) is 4.31 Å². The van der Waals surface area contributed by atoms with Crippen LogP contribution in [0.15, 0.2) is 29.2 Å². The molecule has 1 atom stereocenters. The van der Waals surface area contributed by atoms with Gasteiger partial charge in [0.05, 0.1) is 23.5 Å². The van der Waals surface area contributed by atoms with E-state index in [0.29, 0.717) is 19.4 Å². The molecular weight excluding hydrogens is 292 g/mol. The van der Waals surface area contributed by atoms with Crippen molar-refractivity contribution in [3.05, 3.63) is 29.8 Å². The summed E-state index contributed by atoms with van der Waals surface area (Å²) in [6, 6.07) is 7.96. The lowest BCUT2D eigenvalue weighted by molar-refractivity contribution is -0.146. The first kappa shape index (κ1) is 15.5. The van der Waals surface area contributed by atoms with Crippen LogP contribution >= 0.6 is 0 Å². The van der Waals surface area contributed by atoms with Crippen LogP contribution < -0.4 is 0 Å². The average molecular weight is 308 g/mol. The van der Waals surface area contributed by atoms with Crippen molar-refractivity contribution in [2.75, 3.05) is 20.2 Å². The first-order valence-electron chi connectivity index (χ1n) is 6.58. The Bertz CT molecular complexity index is 678. The number of nitriles is 1. The summed E-state index contributed by atoms with van der Waals surface area (Å²) in [5.41, 5.74) is 0.109. The second-order valence-corrected chi connectivity index (χ2v) is 6.74. The number of ether oxygens (including phenoxy) is 1. The van der Waals surface area contributed by atoms with Crippen molar-refractivity contribution < 1.29 is 17.9 Å². The maximum absolute atomic E-state index is 12.6. The molecule has 1 aromatic carbocycles. The summed E-state index contributed by atoms with van der Waals surface area (Å²) in [6.45, 7) is 0.435. The van der Waals surface area contributed by atoms with Crippen molar-refractivity contribution in [3.63, 3.8) is 0 Å². The van der Waals surface area contributed by atoms with E-state index in [1.807, 2.05) is 6.07 Å². The van der Waals surface area contributed by atoms with Gasteiger partial charge >= 0.3 is 5.97 Å². The lowest BCUT2D eigenvalue weighted by atomic mass is 10.0. The third-order valence-electron chi connectivity index (χ3n) is 3.54. The summed E-state index contributed by atoms with van der Waals surface area (Å²) in [4.78, 5) is 11.6. The Morgan fingerprint density at radius 3 is 2.81 bits per heavy atom. The topological polar surface area (TPSA) is 87.5 Å². The first-order valence-corrected chi connectivity index (χ1v) is 8.02. The number of piperidine rings is 1. The molecule has 1 aromatic rings. The summed E-state index contributed by atoms with van der Waals surface area (Å²) in [5, 5.41) is 9.05. The van der Waals surface area contributed by atoms with Crippen LogP contribution in [0.25, 0.3) is 0 Å². The highest BCUT2D eigenvalue weighted by molar-refractivity contribution is 7.89. The van der Waals surface area contributed by atoms with Gasteiger partial charge < -0.3 is 4.74 Å². The Kier molecular flexibility index (Phi) is 4.60. The highest BCUT2D eigenvalue weighted by Crippen LogP contribution is 2.26. The summed E-state index contributed by atoms with van der Waals surface area (Å²) < 4.78 is 31.2. The molecule has 1 fully saturated rings. The molecule has 0 unspecified atom stereocenters. The molecule has 0 spiro atoms. The summed E-state index contributed by atoms with van der Waals surface area (Å²) in [5.74, 6) is -0.851. The molecular formula is C14H16N2O4S. The predicted octanol–water partition coefficient (Wildman–Crippen LogP) is 1.13. The number of carbonyl (C=O) groups excluding carboxylic acids is 1. The highest BCUT2D eigenvalue weighted by atomic mass is 32.2. The molecule has 21 heavy (non-hydrogen) atoms. The molecule has 7 heteroatoms. The SMILES string of the molecule is COC(=O)[C@H]1CCCN(S(=O)(=O)c2ccccc2C#N)C1. The Labute approximate surface area is 124 Å². The minimum Gasteiger partial charge on any atom is -0.469 e. The molecule has 1 saturated heterocycles. The van der Waals surface area contributed by atoms with Gasteiger partial charge in [-0.25, -0.2) is 8.42 Å². The van der Waals surface area contributed by atoms with Crippen molar-refractivity contribution >= 4 is 16.0 Å². The third-order valence-corrected chi connectivity index (χ3v) is 5.47. The predicted molar refractivity (Wildman–Crippen MR) is 74.7 cm³/mol. The van der Waals surface area contributed by atoms with Gasteiger partial charge in [-0.2, -0.15) is 9.57 Å². The van der Waals surface area contributed by atoms with Gasteiger partial charge in [0.2, 0.25) is 10.0 Å². The molecule has 0 aliphatic carbocycles. The molecule has 1 aliphatic heterocycles. The fourth-order valence-electron chi connectivity index (χ4n) is 2.44. The van der Waals surface area contributed by atoms with Gasteiger partial charge in [0.15, 0.2) is 0 Å². The van der Waals surface area contributed by atoms with E-state index >= 15 is 0 Å². The van der Waals surface area contributed by atoms with Crippen LogP contribution in [0.5, 0.6) is 0 Å². The minimum absolute atomic E-state index is 0.0157. The van der Waals surface area contributed by atoms with E-state index in [2.05, 4.69) is 4.74 Å². The molecule has 2 rings (SSSR count). The fourth-order valence-corrected chi connectivity index (χ4v) is 4.11. The molecule has 0 aromatic heterocycles. The minimum atomic E-state index is -3.78. The lowest BCUT2D eigenvalue weighted by Crippen LogP contribution is -2.42. The normalized spacial score (nSPS) is 19.7. The zero-order valence-electron chi connectivity index (χ0n) is 11.7. The quantitative estimate of drug-likeness (QED) is 0.781. The molecule has 0 bridgehead atoms. The zero-order chi connectivity index (χ0) is 15.5. The van der Waals surface area contributed by atoms with E-state index in [4.69, 9.17) is 5.26 Å². The van der Waals surface area contributed by atoms with Gasteiger partial charge in [0.25, 0.3) is 0 Å². The van der Waals surface area contributed by atoms with Crippen LogP contribution in [0.4, 0.5) is 0 Å². The van der Waals surface area contributed by atoms with Crippen molar-refractivity contribution in [2.24, 2.45) is 5.92 Å². The maximum Gasteiger partial charge on any atom is 0.309 e. The monoisotopic (exact) mass is 308 g/mol. The van der Waals surface area contributed by atoms with Gasteiger partial charge in [-0.3, -0.25) is 4.79 Å². The molecule has 1 heterocycles. The van der Waals surface area contributed by atoms with Gasteiger partial charge in [0, 0.05) is 13.1 Å². The van der Waals surface area contributed by atoms with Gasteiger partial charge in [-0.1, -0.05) is 12.1 Å². The second-order valence-electron chi connectivity index (χ2n) is 4.83. The molecule has 0 radical (unpaired) electrons. The number of nitrogens with zero attached hydrogens (tertiary/aromatic N) is 2. The van der Waals surface area contributed by atoms with Crippen LogP contribution in [-0.2, 0) is 19.6 Å².